The molecule has 7 heteroatoms. The minimum atomic E-state index is 0.452. The van der Waals surface area contributed by atoms with Gasteiger partial charge in [-0.05, 0) is 6.07 Å². The lowest BCUT2D eigenvalue weighted by molar-refractivity contribution is 0.388. The minimum Gasteiger partial charge on any atom is -0.372 e. The molecule has 2 aromatic rings. The zero-order chi connectivity index (χ0) is 12.3. The Morgan fingerprint density at radius 3 is 2.71 bits per heavy atom. The number of hydrogen-bond donors (Lipinski definition) is 2. The molecule has 0 amide bonds. The van der Waals surface area contributed by atoms with Crippen molar-refractivity contribution in [3.8, 4) is 0 Å². The van der Waals surface area contributed by atoms with E-state index in [0.29, 0.717) is 34.0 Å². The highest BCUT2D eigenvalue weighted by molar-refractivity contribution is 6.37. The molecule has 0 unspecified atom stereocenters. The molecule has 0 bridgehead atoms. The Kier molecular flexibility index (Phi) is 3.71. The van der Waals surface area contributed by atoms with Crippen molar-refractivity contribution in [2.75, 3.05) is 17.7 Å². The third kappa shape index (κ3) is 2.81. The lowest BCUT2D eigenvalue weighted by Crippen LogP contribution is -2.03. The molecule has 2 N–H and O–H groups in total. The van der Waals surface area contributed by atoms with E-state index >= 15 is 0 Å². The lowest BCUT2D eigenvalue weighted by Gasteiger charge is -2.09. The first-order valence-electron chi connectivity index (χ1n) is 4.88. The van der Waals surface area contributed by atoms with E-state index in [-0.39, 0.29) is 0 Å². The van der Waals surface area contributed by atoms with E-state index in [1.165, 1.54) is 0 Å². The Balaban J connectivity index is 2.15. The van der Waals surface area contributed by atoms with Crippen molar-refractivity contribution in [2.24, 2.45) is 0 Å². The fourth-order valence-corrected chi connectivity index (χ4v) is 1.79. The molecule has 2 rings (SSSR count). The Morgan fingerprint density at radius 2 is 2.06 bits per heavy atom. The largest absolute Gasteiger partial charge is 0.372 e. The minimum absolute atomic E-state index is 0.452. The predicted octanol–water partition coefficient (Wildman–Crippen LogP) is 3.03. The predicted molar refractivity (Wildman–Crippen MR) is 67.6 cm³/mol. The molecule has 0 saturated carbocycles. The van der Waals surface area contributed by atoms with Gasteiger partial charge >= 0.3 is 0 Å². The van der Waals surface area contributed by atoms with Crippen LogP contribution < -0.4 is 10.6 Å². The van der Waals surface area contributed by atoms with Crippen LogP contribution in [0.2, 0.25) is 10.0 Å². The summed E-state index contributed by atoms with van der Waals surface area (Å²) in [5.74, 6) is 1.80. The van der Waals surface area contributed by atoms with E-state index < -0.39 is 0 Å². The van der Waals surface area contributed by atoms with Crippen molar-refractivity contribution < 1.29 is 4.52 Å². The third-order valence-electron chi connectivity index (χ3n) is 2.09. The zero-order valence-corrected chi connectivity index (χ0v) is 10.5. The Morgan fingerprint density at radius 1 is 1.29 bits per heavy atom. The number of halogens is 2. The second kappa shape index (κ2) is 5.25. The van der Waals surface area contributed by atoms with Gasteiger partial charge in [0.1, 0.15) is 11.6 Å². The van der Waals surface area contributed by atoms with Crippen LogP contribution in [0.25, 0.3) is 0 Å². The number of anilines is 2. The summed E-state index contributed by atoms with van der Waals surface area (Å²) in [6.07, 6.45) is 1.58. The molecule has 0 aliphatic rings. The van der Waals surface area contributed by atoms with Crippen molar-refractivity contribution in [3.63, 3.8) is 0 Å². The maximum Gasteiger partial charge on any atom is 0.155 e. The molecule has 0 radical (unpaired) electrons. The third-order valence-corrected chi connectivity index (χ3v) is 2.66. The average Bonchev–Trinajstić information content (AvgIpc) is 2.81. The zero-order valence-electron chi connectivity index (χ0n) is 9.00. The molecule has 2 heterocycles. The van der Waals surface area contributed by atoms with Crippen molar-refractivity contribution >= 4 is 34.8 Å². The molecule has 0 saturated heterocycles. The van der Waals surface area contributed by atoms with Crippen LogP contribution in [0.4, 0.5) is 11.6 Å². The summed E-state index contributed by atoms with van der Waals surface area (Å²) in [5.41, 5.74) is 0. The van der Waals surface area contributed by atoms with Crippen LogP contribution in [0.5, 0.6) is 0 Å². The monoisotopic (exact) mass is 272 g/mol. The van der Waals surface area contributed by atoms with Crippen molar-refractivity contribution in [1.29, 1.82) is 0 Å². The summed E-state index contributed by atoms with van der Waals surface area (Å²) in [5, 5.41) is 10.5. The Labute approximate surface area is 108 Å². The molecular weight excluding hydrogens is 263 g/mol. The van der Waals surface area contributed by atoms with Gasteiger partial charge in [-0.2, -0.15) is 0 Å². The highest BCUT2D eigenvalue weighted by Crippen LogP contribution is 2.29. The van der Waals surface area contributed by atoms with Crippen LogP contribution in [0, 0.1) is 0 Å². The molecule has 0 spiro atoms. The van der Waals surface area contributed by atoms with Gasteiger partial charge in [-0.15, -0.1) is 0 Å². The lowest BCUT2D eigenvalue weighted by atomic mass is 10.4. The van der Waals surface area contributed by atoms with E-state index in [1.54, 1.807) is 25.4 Å². The van der Waals surface area contributed by atoms with E-state index in [4.69, 9.17) is 27.7 Å². The van der Waals surface area contributed by atoms with Gasteiger partial charge < -0.3 is 15.2 Å². The highest BCUT2D eigenvalue weighted by atomic mass is 35.5. The topological polar surface area (TPSA) is 63.0 Å². The van der Waals surface area contributed by atoms with Crippen LogP contribution in [0.3, 0.4) is 0 Å². The van der Waals surface area contributed by atoms with Crippen molar-refractivity contribution in [3.05, 3.63) is 34.1 Å². The SMILES string of the molecule is CNc1nc(NCc2ccno2)c(Cl)cc1Cl. The summed E-state index contributed by atoms with van der Waals surface area (Å²) >= 11 is 12.0. The first-order chi connectivity index (χ1) is 8.20. The molecule has 90 valence electrons. The van der Waals surface area contributed by atoms with Crippen LogP contribution in [-0.2, 0) is 6.54 Å². The van der Waals surface area contributed by atoms with Gasteiger partial charge in [-0.25, -0.2) is 4.98 Å². The maximum atomic E-state index is 6.02. The summed E-state index contributed by atoms with van der Waals surface area (Å²) in [6.45, 7) is 0.456. The van der Waals surface area contributed by atoms with Crippen LogP contribution >= 0.6 is 23.2 Å². The number of nitrogens with one attached hydrogen (secondary N) is 2. The number of pyridine rings is 1. The van der Waals surface area contributed by atoms with Crippen LogP contribution in [0.15, 0.2) is 22.9 Å². The maximum absolute atomic E-state index is 6.02. The van der Waals surface area contributed by atoms with Gasteiger partial charge in [0.15, 0.2) is 5.76 Å². The smallest absolute Gasteiger partial charge is 0.155 e. The normalized spacial score (nSPS) is 10.3. The average molecular weight is 273 g/mol. The first kappa shape index (κ1) is 12.0. The second-order valence-electron chi connectivity index (χ2n) is 3.23. The van der Waals surface area contributed by atoms with Crippen molar-refractivity contribution in [1.82, 2.24) is 10.1 Å². The Hall–Kier alpha value is -1.46. The molecular formula is C10H10Cl2N4O. The van der Waals surface area contributed by atoms with E-state index in [1.807, 2.05) is 0 Å². The van der Waals surface area contributed by atoms with E-state index in [9.17, 15) is 0 Å². The summed E-state index contributed by atoms with van der Waals surface area (Å²) < 4.78 is 4.95. The first-order valence-corrected chi connectivity index (χ1v) is 5.63. The molecule has 0 aromatic carbocycles. The molecule has 5 nitrogen and oxygen atoms in total. The van der Waals surface area contributed by atoms with Gasteiger partial charge in [0.05, 0.1) is 22.8 Å². The number of rotatable bonds is 4. The van der Waals surface area contributed by atoms with Crippen LogP contribution in [0.1, 0.15) is 5.76 Å². The standard InChI is InChI=1S/C10H10Cl2N4O/c1-13-9-7(11)4-8(12)10(16-9)14-5-6-2-3-15-17-6/h2-4H,5H2,1H3,(H2,13,14,16). The van der Waals surface area contributed by atoms with Crippen LogP contribution in [-0.4, -0.2) is 17.2 Å². The highest BCUT2D eigenvalue weighted by Gasteiger charge is 2.08. The molecule has 0 fully saturated rings. The van der Waals surface area contributed by atoms with Gasteiger partial charge in [-0.3, -0.25) is 0 Å². The van der Waals surface area contributed by atoms with E-state index in [2.05, 4.69) is 20.8 Å². The summed E-state index contributed by atoms with van der Waals surface area (Å²) in [6, 6.07) is 3.39. The van der Waals surface area contributed by atoms with Gasteiger partial charge in [0, 0.05) is 13.1 Å². The number of aromatic nitrogens is 2. The summed E-state index contributed by atoms with van der Waals surface area (Å²) in [4.78, 5) is 4.24. The van der Waals surface area contributed by atoms with Crippen molar-refractivity contribution in [2.45, 2.75) is 6.54 Å². The molecule has 0 aliphatic carbocycles. The molecule has 17 heavy (non-hydrogen) atoms. The quantitative estimate of drug-likeness (QED) is 0.896. The molecule has 2 aromatic heterocycles. The van der Waals surface area contributed by atoms with E-state index in [0.717, 1.165) is 0 Å². The summed E-state index contributed by atoms with van der Waals surface area (Å²) in [7, 11) is 1.74. The molecule has 0 aliphatic heterocycles. The Bertz CT molecular complexity index is 501. The molecule has 0 atom stereocenters. The second-order valence-corrected chi connectivity index (χ2v) is 4.05. The number of hydrogen-bond acceptors (Lipinski definition) is 5. The van der Waals surface area contributed by atoms with Gasteiger partial charge in [0.25, 0.3) is 0 Å². The number of nitrogens with zero attached hydrogens (tertiary/aromatic N) is 2. The van der Waals surface area contributed by atoms with Gasteiger partial charge in [0.2, 0.25) is 0 Å². The van der Waals surface area contributed by atoms with Gasteiger partial charge in [-0.1, -0.05) is 28.4 Å². The fourth-order valence-electron chi connectivity index (χ4n) is 1.27. The fraction of sp³-hybridized carbons (Fsp3) is 0.200.